The SMILES string of the molecule is CC.CCCCC.CCCCCCCC(CCCC)CC(=O)OC(CC)c1ccc2c(c1)sc1c3ccc(C(CC)OC(=O)C(CCCC)CCCCCC)cc3sc21.O=CO. The molecule has 0 aliphatic heterocycles. The van der Waals surface area contributed by atoms with Gasteiger partial charge in [-0.1, -0.05) is 196 Å². The van der Waals surface area contributed by atoms with Crippen LogP contribution in [-0.4, -0.2) is 23.5 Å². The third kappa shape index (κ3) is 20.2. The summed E-state index contributed by atoms with van der Waals surface area (Å²) in [6.07, 6.45) is 25.4. The van der Waals surface area contributed by atoms with Gasteiger partial charge in [-0.2, -0.15) is 0 Å². The maximum absolute atomic E-state index is 13.4. The predicted octanol–water partition coefficient (Wildman–Crippen LogP) is 18.5. The van der Waals surface area contributed by atoms with Crippen molar-refractivity contribution < 1.29 is 29.0 Å². The molecule has 2 aromatic carbocycles. The number of carboxylic acid groups (broad SMARTS) is 1. The van der Waals surface area contributed by atoms with Crippen LogP contribution in [0, 0.1) is 11.8 Å². The fraction of sp³-hybridized carbons (Fsp3) is 0.685. The van der Waals surface area contributed by atoms with Gasteiger partial charge in [-0.3, -0.25) is 14.4 Å². The molecular formula is C54H88O6S2. The summed E-state index contributed by atoms with van der Waals surface area (Å²) in [6.45, 7) is 21.3. The highest BCUT2D eigenvalue weighted by molar-refractivity contribution is 7.36. The van der Waals surface area contributed by atoms with E-state index in [0.29, 0.717) is 12.3 Å². The summed E-state index contributed by atoms with van der Waals surface area (Å²) >= 11 is 3.66. The Morgan fingerprint density at radius 1 is 0.565 bits per heavy atom. The molecule has 0 saturated heterocycles. The quantitative estimate of drug-likeness (QED) is 0.0347. The van der Waals surface area contributed by atoms with Gasteiger partial charge in [-0.25, -0.2) is 0 Å². The molecule has 0 aliphatic rings. The monoisotopic (exact) mass is 897 g/mol. The molecular weight excluding hydrogens is 809 g/mol. The van der Waals surface area contributed by atoms with Crippen LogP contribution in [0.25, 0.3) is 29.6 Å². The molecule has 0 bridgehead atoms. The number of carbonyl (C=O) groups excluding carboxylic acids is 2. The predicted molar refractivity (Wildman–Crippen MR) is 271 cm³/mol. The van der Waals surface area contributed by atoms with Gasteiger partial charge in [0.1, 0.15) is 12.2 Å². The lowest BCUT2D eigenvalue weighted by Crippen LogP contribution is -2.20. The lowest BCUT2D eigenvalue weighted by Gasteiger charge is -2.21. The van der Waals surface area contributed by atoms with Crippen LogP contribution in [0.15, 0.2) is 36.4 Å². The van der Waals surface area contributed by atoms with Crippen LogP contribution in [0.1, 0.15) is 240 Å². The molecule has 4 unspecified atom stereocenters. The van der Waals surface area contributed by atoms with Crippen LogP contribution in [0.4, 0.5) is 0 Å². The lowest BCUT2D eigenvalue weighted by molar-refractivity contribution is -0.155. The fourth-order valence-corrected chi connectivity index (χ4v) is 10.8. The van der Waals surface area contributed by atoms with E-state index in [9.17, 15) is 9.59 Å². The van der Waals surface area contributed by atoms with Crippen molar-refractivity contribution in [3.63, 3.8) is 0 Å². The van der Waals surface area contributed by atoms with Crippen LogP contribution in [0.3, 0.4) is 0 Å². The average Bonchev–Trinajstić information content (AvgIpc) is 3.82. The fourth-order valence-electron chi connectivity index (χ4n) is 8.02. The number of carbonyl (C=O) groups is 3. The Hall–Kier alpha value is -2.97. The average molecular weight is 897 g/mol. The number of hydrogen-bond acceptors (Lipinski definition) is 7. The highest BCUT2D eigenvalue weighted by atomic mass is 32.1. The first-order chi connectivity index (χ1) is 30.2. The molecule has 0 amide bonds. The first-order valence-electron chi connectivity index (χ1n) is 25.1. The zero-order chi connectivity index (χ0) is 46.1. The second-order valence-electron chi connectivity index (χ2n) is 16.7. The number of hydrogen-bond donors (Lipinski definition) is 1. The molecule has 6 nitrogen and oxygen atoms in total. The number of esters is 2. The Bertz CT molecular complexity index is 1760. The zero-order valence-corrected chi connectivity index (χ0v) is 42.6. The third-order valence-corrected chi connectivity index (χ3v) is 14.1. The molecule has 352 valence electrons. The first kappa shape index (κ1) is 57.0. The largest absolute Gasteiger partial charge is 0.483 e. The van der Waals surface area contributed by atoms with E-state index in [1.54, 1.807) is 0 Å². The van der Waals surface area contributed by atoms with Gasteiger partial charge in [0.2, 0.25) is 0 Å². The molecule has 1 N–H and O–H groups in total. The van der Waals surface area contributed by atoms with Crippen molar-refractivity contribution in [2.75, 3.05) is 0 Å². The van der Waals surface area contributed by atoms with Crippen LogP contribution in [0.2, 0.25) is 0 Å². The van der Waals surface area contributed by atoms with E-state index in [1.165, 1.54) is 113 Å². The highest BCUT2D eigenvalue weighted by Crippen LogP contribution is 2.46. The van der Waals surface area contributed by atoms with Gasteiger partial charge < -0.3 is 14.6 Å². The van der Waals surface area contributed by atoms with Crippen molar-refractivity contribution >= 4 is 70.7 Å². The first-order valence-corrected chi connectivity index (χ1v) is 26.7. The molecule has 62 heavy (non-hydrogen) atoms. The maximum Gasteiger partial charge on any atom is 0.309 e. The second kappa shape index (κ2) is 35.4. The van der Waals surface area contributed by atoms with Gasteiger partial charge in [0.25, 0.3) is 6.47 Å². The van der Waals surface area contributed by atoms with Gasteiger partial charge in [0, 0.05) is 26.6 Å². The molecule has 0 spiro atoms. The van der Waals surface area contributed by atoms with Gasteiger partial charge >= 0.3 is 11.9 Å². The summed E-state index contributed by atoms with van der Waals surface area (Å²) in [7, 11) is 0. The Labute approximate surface area is 386 Å². The second-order valence-corrected chi connectivity index (χ2v) is 18.8. The van der Waals surface area contributed by atoms with E-state index in [-0.39, 0.29) is 36.5 Å². The molecule has 4 rings (SSSR count). The Kier molecular flexibility index (Phi) is 32.6. The Morgan fingerprint density at radius 3 is 1.44 bits per heavy atom. The van der Waals surface area contributed by atoms with Crippen LogP contribution < -0.4 is 0 Å². The van der Waals surface area contributed by atoms with Gasteiger partial charge in [0.05, 0.1) is 15.3 Å². The van der Waals surface area contributed by atoms with Crippen molar-refractivity contribution in [1.29, 1.82) is 0 Å². The minimum Gasteiger partial charge on any atom is -0.483 e. The van der Waals surface area contributed by atoms with E-state index >= 15 is 0 Å². The van der Waals surface area contributed by atoms with Gasteiger partial charge in [0.15, 0.2) is 0 Å². The molecule has 0 radical (unpaired) electrons. The Morgan fingerprint density at radius 2 is 0.968 bits per heavy atom. The molecule has 4 atom stereocenters. The summed E-state index contributed by atoms with van der Waals surface area (Å²) in [6, 6.07) is 13.3. The molecule has 4 aromatic rings. The summed E-state index contributed by atoms with van der Waals surface area (Å²) in [5, 5.41) is 9.41. The summed E-state index contributed by atoms with van der Waals surface area (Å²) in [4.78, 5) is 35.0. The van der Waals surface area contributed by atoms with Crippen molar-refractivity contribution in [2.24, 2.45) is 11.8 Å². The molecule has 8 heteroatoms. The number of thiophene rings is 2. The van der Waals surface area contributed by atoms with Gasteiger partial charge in [-0.05, 0) is 67.7 Å². The number of benzene rings is 2. The third-order valence-electron chi connectivity index (χ3n) is 11.6. The van der Waals surface area contributed by atoms with Crippen LogP contribution in [0.5, 0.6) is 0 Å². The number of rotatable bonds is 28. The minimum absolute atomic E-state index is 0.00145. The van der Waals surface area contributed by atoms with Gasteiger partial charge in [-0.15, -0.1) is 22.7 Å². The molecule has 2 aromatic heterocycles. The highest BCUT2D eigenvalue weighted by Gasteiger charge is 2.25. The molecule has 0 aliphatic carbocycles. The standard InChI is InChI=1S/C46H68O4S2.C5H12.C2H6.CH2O2/c1-7-13-17-19-20-23-33(22-15-9-3)30-43(47)49-39(11-5)35-26-28-37-41(31-35)51-45-38-29-27-36(32-42(38)52-44(37)45)40(12-6)50-46(48)34(24-16-10-4)25-21-18-14-8-2;1-3-5-4-2;1-2;2-1-3/h26-29,31-34,39-40H,7-25,30H2,1-6H3;3-5H2,1-2H3;1-2H3;1H,(H,2,3). The van der Waals surface area contributed by atoms with E-state index in [2.05, 4.69) is 91.8 Å². The Balaban J connectivity index is 0.00000174. The molecule has 2 heterocycles. The summed E-state index contributed by atoms with van der Waals surface area (Å²) < 4.78 is 17.5. The smallest absolute Gasteiger partial charge is 0.309 e. The number of unbranched alkanes of at least 4 members (excludes halogenated alkanes) is 11. The normalized spacial score (nSPS) is 12.9. The van der Waals surface area contributed by atoms with E-state index < -0.39 is 0 Å². The number of ether oxygens (including phenoxy) is 2. The van der Waals surface area contributed by atoms with Crippen molar-refractivity contribution in [3.05, 3.63) is 47.5 Å². The maximum atomic E-state index is 13.4. The van der Waals surface area contributed by atoms with Crippen molar-refractivity contribution in [1.82, 2.24) is 0 Å². The van der Waals surface area contributed by atoms with Crippen molar-refractivity contribution in [2.45, 2.75) is 229 Å². The zero-order valence-electron chi connectivity index (χ0n) is 40.9. The lowest BCUT2D eigenvalue weighted by atomic mass is 9.92. The molecule has 0 saturated carbocycles. The van der Waals surface area contributed by atoms with E-state index in [1.807, 2.05) is 36.5 Å². The van der Waals surface area contributed by atoms with Crippen molar-refractivity contribution in [3.8, 4) is 0 Å². The summed E-state index contributed by atoms with van der Waals surface area (Å²) in [5.74, 6) is 0.363. The summed E-state index contributed by atoms with van der Waals surface area (Å²) in [5.41, 5.74) is 2.17. The van der Waals surface area contributed by atoms with E-state index in [0.717, 1.165) is 68.9 Å². The van der Waals surface area contributed by atoms with Crippen LogP contribution in [-0.2, 0) is 23.9 Å². The molecule has 0 fully saturated rings. The van der Waals surface area contributed by atoms with Crippen LogP contribution >= 0.6 is 22.7 Å². The minimum atomic E-state index is -0.250. The topological polar surface area (TPSA) is 89.9 Å². The van der Waals surface area contributed by atoms with E-state index in [4.69, 9.17) is 19.4 Å². The number of fused-ring (bicyclic) bond motifs is 5.